The number of hydrogen-bond donors (Lipinski definition) is 1. The average Bonchev–Trinajstić information content (AvgIpc) is 2.73. The van der Waals surface area contributed by atoms with Gasteiger partial charge in [0.1, 0.15) is 6.07 Å². The van der Waals surface area contributed by atoms with E-state index in [4.69, 9.17) is 21.6 Å². The van der Waals surface area contributed by atoms with Gasteiger partial charge in [0.15, 0.2) is 0 Å². The van der Waals surface area contributed by atoms with Crippen LogP contribution < -0.4 is 5.32 Å². The summed E-state index contributed by atoms with van der Waals surface area (Å²) in [6.07, 6.45) is 1.74. The minimum atomic E-state index is -0.366. The first-order chi connectivity index (χ1) is 13.5. The van der Waals surface area contributed by atoms with Crippen molar-refractivity contribution in [2.75, 3.05) is 44.7 Å². The van der Waals surface area contributed by atoms with Gasteiger partial charge in [-0.1, -0.05) is 11.6 Å². The Morgan fingerprint density at radius 3 is 2.75 bits per heavy atom. The topological polar surface area (TPSA) is 85.7 Å². The highest BCUT2D eigenvalue weighted by molar-refractivity contribution is 6.32. The van der Waals surface area contributed by atoms with Crippen molar-refractivity contribution < 1.29 is 14.3 Å². The SMILES string of the molecule is CC(C(=O)Nc1ccc(C#N)c(Cl)c1)N1CCCC(C(=O)N2CCOCC2)C1. The standard InChI is InChI=1S/C20H25ClN4O3/c1-14(19(26)23-17-5-4-15(12-22)18(21)11-17)25-6-2-3-16(13-25)20(27)24-7-9-28-10-8-24/h4-5,11,14,16H,2-3,6-10,13H2,1H3,(H,23,26). The van der Waals surface area contributed by atoms with Crippen molar-refractivity contribution in [3.8, 4) is 6.07 Å². The lowest BCUT2D eigenvalue weighted by molar-refractivity contribution is -0.142. The van der Waals surface area contributed by atoms with Crippen LogP contribution in [0.25, 0.3) is 0 Å². The highest BCUT2D eigenvalue weighted by atomic mass is 35.5. The first-order valence-electron chi connectivity index (χ1n) is 9.60. The summed E-state index contributed by atoms with van der Waals surface area (Å²) in [6, 6.07) is 6.45. The van der Waals surface area contributed by atoms with E-state index in [0.29, 0.717) is 49.1 Å². The van der Waals surface area contributed by atoms with Crippen LogP contribution in [0, 0.1) is 17.2 Å². The van der Waals surface area contributed by atoms with E-state index in [1.807, 2.05) is 17.9 Å². The van der Waals surface area contributed by atoms with Gasteiger partial charge in [-0.15, -0.1) is 0 Å². The lowest BCUT2D eigenvalue weighted by Gasteiger charge is -2.38. The van der Waals surface area contributed by atoms with Gasteiger partial charge < -0.3 is 15.0 Å². The molecule has 2 unspecified atom stereocenters. The van der Waals surface area contributed by atoms with Gasteiger partial charge in [0.05, 0.1) is 35.8 Å². The number of rotatable bonds is 4. The molecule has 0 radical (unpaired) electrons. The zero-order valence-electron chi connectivity index (χ0n) is 16.0. The summed E-state index contributed by atoms with van der Waals surface area (Å²) in [5.41, 5.74) is 0.923. The largest absolute Gasteiger partial charge is 0.378 e. The van der Waals surface area contributed by atoms with Crippen LogP contribution in [0.5, 0.6) is 0 Å². The second-order valence-electron chi connectivity index (χ2n) is 7.24. The number of morpholine rings is 1. The summed E-state index contributed by atoms with van der Waals surface area (Å²) >= 11 is 6.03. The van der Waals surface area contributed by atoms with Crippen molar-refractivity contribution in [1.29, 1.82) is 5.26 Å². The normalized spacial score (nSPS) is 21.6. The number of halogens is 1. The van der Waals surface area contributed by atoms with Crippen LogP contribution >= 0.6 is 11.6 Å². The second kappa shape index (κ2) is 9.37. The number of piperidine rings is 1. The Kier molecular flexibility index (Phi) is 6.89. The van der Waals surface area contributed by atoms with Crippen LogP contribution in [-0.4, -0.2) is 67.0 Å². The fourth-order valence-corrected chi connectivity index (χ4v) is 3.92. The molecule has 7 nitrogen and oxygen atoms in total. The number of amides is 2. The minimum Gasteiger partial charge on any atom is -0.378 e. The summed E-state index contributed by atoms with van der Waals surface area (Å²) < 4.78 is 5.32. The third kappa shape index (κ3) is 4.82. The molecule has 1 aromatic carbocycles. The Labute approximate surface area is 170 Å². The Morgan fingerprint density at radius 1 is 1.32 bits per heavy atom. The number of nitrogens with one attached hydrogen (secondary N) is 1. The lowest BCUT2D eigenvalue weighted by atomic mass is 9.95. The van der Waals surface area contributed by atoms with E-state index in [0.717, 1.165) is 19.4 Å². The summed E-state index contributed by atoms with van der Waals surface area (Å²) in [4.78, 5) is 29.4. The van der Waals surface area contributed by atoms with E-state index in [9.17, 15) is 9.59 Å². The zero-order chi connectivity index (χ0) is 20.1. The number of carbonyl (C=O) groups is 2. The molecule has 3 rings (SSSR count). The Hall–Kier alpha value is -2.14. The maximum atomic E-state index is 12.8. The van der Waals surface area contributed by atoms with Gasteiger partial charge in [0, 0.05) is 25.3 Å². The number of anilines is 1. The molecule has 0 aliphatic carbocycles. The summed E-state index contributed by atoms with van der Waals surface area (Å²) in [5.74, 6) is -0.0637. The van der Waals surface area contributed by atoms with Crippen LogP contribution in [0.3, 0.4) is 0 Å². The van der Waals surface area contributed by atoms with Crippen LogP contribution in [0.15, 0.2) is 18.2 Å². The number of benzene rings is 1. The number of hydrogen-bond acceptors (Lipinski definition) is 5. The molecule has 0 bridgehead atoms. The molecule has 0 aromatic heterocycles. The smallest absolute Gasteiger partial charge is 0.241 e. The molecule has 2 aliphatic heterocycles. The summed E-state index contributed by atoms with van der Waals surface area (Å²) in [7, 11) is 0. The average molecular weight is 405 g/mol. The molecule has 1 N–H and O–H groups in total. The maximum absolute atomic E-state index is 12.8. The first kappa shape index (κ1) is 20.6. The molecule has 28 heavy (non-hydrogen) atoms. The van der Waals surface area contributed by atoms with Crippen molar-refractivity contribution >= 4 is 29.1 Å². The third-order valence-corrected chi connectivity index (χ3v) is 5.72. The monoisotopic (exact) mass is 404 g/mol. The van der Waals surface area contributed by atoms with Gasteiger partial charge in [-0.05, 0) is 44.5 Å². The van der Waals surface area contributed by atoms with E-state index >= 15 is 0 Å². The van der Waals surface area contributed by atoms with E-state index in [-0.39, 0.29) is 23.8 Å². The van der Waals surface area contributed by atoms with Gasteiger partial charge >= 0.3 is 0 Å². The number of likely N-dealkylation sites (tertiary alicyclic amines) is 1. The molecule has 2 amide bonds. The van der Waals surface area contributed by atoms with Gasteiger partial charge in [-0.2, -0.15) is 5.26 Å². The maximum Gasteiger partial charge on any atom is 0.241 e. The van der Waals surface area contributed by atoms with Crippen molar-refractivity contribution in [3.63, 3.8) is 0 Å². The molecule has 150 valence electrons. The summed E-state index contributed by atoms with van der Waals surface area (Å²) in [5, 5.41) is 12.1. The molecule has 2 heterocycles. The Balaban J connectivity index is 1.59. The molecule has 0 spiro atoms. The van der Waals surface area contributed by atoms with Crippen LogP contribution in [0.4, 0.5) is 5.69 Å². The van der Waals surface area contributed by atoms with Crippen molar-refractivity contribution in [2.24, 2.45) is 5.92 Å². The van der Waals surface area contributed by atoms with Crippen LogP contribution in [-0.2, 0) is 14.3 Å². The summed E-state index contributed by atoms with van der Waals surface area (Å²) in [6.45, 7) is 5.69. The Morgan fingerprint density at radius 2 is 2.07 bits per heavy atom. The number of carbonyl (C=O) groups excluding carboxylic acids is 2. The molecule has 0 saturated carbocycles. The molecular formula is C20H25ClN4O3. The van der Waals surface area contributed by atoms with Gasteiger partial charge in [0.25, 0.3) is 0 Å². The van der Waals surface area contributed by atoms with Gasteiger partial charge in [-0.25, -0.2) is 0 Å². The fraction of sp³-hybridized carbons (Fsp3) is 0.550. The number of ether oxygens (including phenoxy) is 1. The predicted molar refractivity (Wildman–Crippen MR) is 106 cm³/mol. The molecule has 8 heteroatoms. The minimum absolute atomic E-state index is 0.0774. The van der Waals surface area contributed by atoms with Crippen molar-refractivity contribution in [2.45, 2.75) is 25.8 Å². The van der Waals surface area contributed by atoms with Gasteiger partial charge in [-0.3, -0.25) is 14.5 Å². The fourth-order valence-electron chi connectivity index (χ4n) is 3.70. The van der Waals surface area contributed by atoms with Crippen LogP contribution in [0.2, 0.25) is 5.02 Å². The molecule has 2 aliphatic rings. The highest BCUT2D eigenvalue weighted by Gasteiger charge is 2.33. The number of nitrogens with zero attached hydrogens (tertiary/aromatic N) is 3. The number of nitriles is 1. The quantitative estimate of drug-likeness (QED) is 0.830. The van der Waals surface area contributed by atoms with E-state index in [1.165, 1.54) is 0 Å². The van der Waals surface area contributed by atoms with E-state index in [1.54, 1.807) is 18.2 Å². The second-order valence-corrected chi connectivity index (χ2v) is 7.65. The zero-order valence-corrected chi connectivity index (χ0v) is 16.7. The Bertz CT molecular complexity index is 773. The van der Waals surface area contributed by atoms with Crippen molar-refractivity contribution in [1.82, 2.24) is 9.80 Å². The molecule has 1 aromatic rings. The first-order valence-corrected chi connectivity index (χ1v) is 9.98. The van der Waals surface area contributed by atoms with E-state index < -0.39 is 0 Å². The molecule has 2 saturated heterocycles. The van der Waals surface area contributed by atoms with Crippen LogP contribution in [0.1, 0.15) is 25.3 Å². The molecular weight excluding hydrogens is 380 g/mol. The lowest BCUT2D eigenvalue weighted by Crippen LogP contribution is -2.52. The van der Waals surface area contributed by atoms with Gasteiger partial charge in [0.2, 0.25) is 11.8 Å². The molecule has 2 fully saturated rings. The predicted octanol–water partition coefficient (Wildman–Crippen LogP) is 2.11. The molecule has 2 atom stereocenters. The third-order valence-electron chi connectivity index (χ3n) is 5.41. The van der Waals surface area contributed by atoms with E-state index in [2.05, 4.69) is 10.2 Å². The van der Waals surface area contributed by atoms with Crippen molar-refractivity contribution in [3.05, 3.63) is 28.8 Å². The highest BCUT2D eigenvalue weighted by Crippen LogP contribution is 2.23.